The van der Waals surface area contributed by atoms with Gasteiger partial charge in [-0.15, -0.1) is 5.10 Å². The van der Waals surface area contributed by atoms with E-state index in [2.05, 4.69) is 19.6 Å². The first-order valence-corrected chi connectivity index (χ1v) is 5.99. The van der Waals surface area contributed by atoms with Gasteiger partial charge in [-0.2, -0.15) is 0 Å². The molecular formula is C5H10N4O2S2. The average molecular weight is 222 g/mol. The van der Waals surface area contributed by atoms with Gasteiger partial charge < -0.3 is 5.32 Å². The molecule has 74 valence electrons. The quantitative estimate of drug-likeness (QED) is 0.701. The van der Waals surface area contributed by atoms with Crippen LogP contribution in [-0.2, 0) is 10.0 Å². The van der Waals surface area contributed by atoms with Gasteiger partial charge in [0.15, 0.2) is 0 Å². The minimum absolute atomic E-state index is 0.0431. The van der Waals surface area contributed by atoms with E-state index in [1.165, 1.54) is 6.20 Å². The predicted molar refractivity (Wildman–Crippen MR) is 51.2 cm³/mol. The Bertz CT molecular complexity index is 333. The van der Waals surface area contributed by atoms with Gasteiger partial charge in [0, 0.05) is 18.1 Å². The summed E-state index contributed by atoms with van der Waals surface area (Å²) >= 11 is 1.01. The van der Waals surface area contributed by atoms with Crippen molar-refractivity contribution >= 4 is 26.6 Å². The number of sulfonamides is 1. The monoisotopic (exact) mass is 222 g/mol. The third-order valence-electron chi connectivity index (χ3n) is 1.24. The molecule has 0 amide bonds. The van der Waals surface area contributed by atoms with Crippen LogP contribution in [0, 0.1) is 0 Å². The summed E-state index contributed by atoms with van der Waals surface area (Å²) in [6, 6.07) is 0. The minimum Gasteiger partial charge on any atom is -0.319 e. The highest BCUT2D eigenvalue weighted by Crippen LogP contribution is 2.10. The number of nitrogens with zero attached hydrogens (tertiary/aromatic N) is 2. The SMILES string of the molecule is CNCCS(=O)(=O)Nc1cnns1. The lowest BCUT2D eigenvalue weighted by Crippen LogP contribution is -2.24. The molecule has 0 aliphatic carbocycles. The Morgan fingerprint density at radius 2 is 2.38 bits per heavy atom. The van der Waals surface area contributed by atoms with Crippen molar-refractivity contribution < 1.29 is 8.42 Å². The van der Waals surface area contributed by atoms with Gasteiger partial charge in [-0.3, -0.25) is 4.72 Å². The summed E-state index contributed by atoms with van der Waals surface area (Å²) in [5, 5.41) is 6.71. The summed E-state index contributed by atoms with van der Waals surface area (Å²) in [7, 11) is -1.55. The van der Waals surface area contributed by atoms with Gasteiger partial charge in [-0.25, -0.2) is 8.42 Å². The molecule has 0 bridgehead atoms. The number of anilines is 1. The highest BCUT2D eigenvalue weighted by molar-refractivity contribution is 7.92. The van der Waals surface area contributed by atoms with E-state index >= 15 is 0 Å². The Labute approximate surface area is 80.6 Å². The lowest BCUT2D eigenvalue weighted by atomic mass is 10.8. The summed E-state index contributed by atoms with van der Waals surface area (Å²) in [6.07, 6.45) is 1.38. The average Bonchev–Trinajstić information content (AvgIpc) is 2.52. The molecule has 13 heavy (non-hydrogen) atoms. The highest BCUT2D eigenvalue weighted by atomic mass is 32.2. The van der Waals surface area contributed by atoms with E-state index in [0.29, 0.717) is 11.5 Å². The van der Waals surface area contributed by atoms with E-state index in [4.69, 9.17) is 0 Å². The van der Waals surface area contributed by atoms with Crippen LogP contribution in [-0.4, -0.2) is 37.4 Å². The number of hydrogen-bond donors (Lipinski definition) is 2. The third-order valence-corrected chi connectivity index (χ3v) is 3.22. The molecular weight excluding hydrogens is 212 g/mol. The molecule has 0 aliphatic heterocycles. The van der Waals surface area contributed by atoms with Gasteiger partial charge >= 0.3 is 0 Å². The lowest BCUT2D eigenvalue weighted by molar-refractivity contribution is 0.599. The smallest absolute Gasteiger partial charge is 0.234 e. The second-order valence-corrected chi connectivity index (χ2v) is 4.93. The Kier molecular flexibility index (Phi) is 3.58. The second-order valence-electron chi connectivity index (χ2n) is 2.31. The van der Waals surface area contributed by atoms with Crippen LogP contribution in [0.1, 0.15) is 0 Å². The molecule has 0 saturated heterocycles. The van der Waals surface area contributed by atoms with Crippen molar-refractivity contribution in [2.75, 3.05) is 24.1 Å². The second kappa shape index (κ2) is 4.49. The number of nitrogens with one attached hydrogen (secondary N) is 2. The molecule has 8 heteroatoms. The molecule has 1 rings (SSSR count). The van der Waals surface area contributed by atoms with E-state index in [1.807, 2.05) is 0 Å². The molecule has 0 unspecified atom stereocenters. The highest BCUT2D eigenvalue weighted by Gasteiger charge is 2.10. The van der Waals surface area contributed by atoms with Crippen LogP contribution in [0.5, 0.6) is 0 Å². The molecule has 0 spiro atoms. The van der Waals surface area contributed by atoms with E-state index in [1.54, 1.807) is 7.05 Å². The fourth-order valence-electron chi connectivity index (χ4n) is 0.653. The van der Waals surface area contributed by atoms with Gasteiger partial charge in [0.1, 0.15) is 5.00 Å². The van der Waals surface area contributed by atoms with Gasteiger partial charge in [0.25, 0.3) is 0 Å². The van der Waals surface area contributed by atoms with Crippen LogP contribution in [0.3, 0.4) is 0 Å². The van der Waals surface area contributed by atoms with Crippen molar-refractivity contribution in [3.8, 4) is 0 Å². The lowest BCUT2D eigenvalue weighted by Gasteiger charge is -2.03. The van der Waals surface area contributed by atoms with E-state index in [9.17, 15) is 8.42 Å². The Morgan fingerprint density at radius 3 is 2.92 bits per heavy atom. The summed E-state index contributed by atoms with van der Waals surface area (Å²) in [4.78, 5) is 0. The number of rotatable bonds is 5. The largest absolute Gasteiger partial charge is 0.319 e. The van der Waals surface area contributed by atoms with Crippen molar-refractivity contribution in [2.24, 2.45) is 0 Å². The molecule has 1 heterocycles. The topological polar surface area (TPSA) is 84.0 Å². The van der Waals surface area contributed by atoms with Gasteiger partial charge in [-0.1, -0.05) is 4.49 Å². The molecule has 0 atom stereocenters. The summed E-state index contributed by atoms with van der Waals surface area (Å²) in [6.45, 7) is 0.418. The molecule has 0 saturated carbocycles. The molecule has 1 aromatic rings. The van der Waals surface area contributed by atoms with Gasteiger partial charge in [-0.05, 0) is 7.05 Å². The molecule has 0 radical (unpaired) electrons. The first kappa shape index (κ1) is 10.4. The van der Waals surface area contributed by atoms with E-state index in [0.717, 1.165) is 11.5 Å². The van der Waals surface area contributed by atoms with Crippen molar-refractivity contribution in [1.29, 1.82) is 0 Å². The van der Waals surface area contributed by atoms with Crippen molar-refractivity contribution in [1.82, 2.24) is 14.9 Å². The number of hydrogen-bond acceptors (Lipinski definition) is 6. The fourth-order valence-corrected chi connectivity index (χ4v) is 2.39. The zero-order valence-corrected chi connectivity index (χ0v) is 8.65. The van der Waals surface area contributed by atoms with Crippen LogP contribution in [0.15, 0.2) is 6.20 Å². The molecule has 0 aliphatic rings. The molecule has 6 nitrogen and oxygen atoms in total. The summed E-state index contributed by atoms with van der Waals surface area (Å²) in [5.41, 5.74) is 0. The Hall–Kier alpha value is -0.730. The maximum absolute atomic E-state index is 11.3. The molecule has 1 aromatic heterocycles. The number of aromatic nitrogens is 2. The van der Waals surface area contributed by atoms with Gasteiger partial charge in [0.2, 0.25) is 10.0 Å². The summed E-state index contributed by atoms with van der Waals surface area (Å²) in [5.74, 6) is 0.0431. The van der Waals surface area contributed by atoms with Crippen LogP contribution >= 0.6 is 11.5 Å². The van der Waals surface area contributed by atoms with E-state index < -0.39 is 10.0 Å². The van der Waals surface area contributed by atoms with Crippen molar-refractivity contribution in [2.45, 2.75) is 0 Å². The Balaban J connectivity index is 2.53. The normalized spacial score (nSPS) is 11.5. The van der Waals surface area contributed by atoms with Crippen LogP contribution < -0.4 is 10.0 Å². The molecule has 0 aromatic carbocycles. The first-order valence-electron chi connectivity index (χ1n) is 3.56. The first-order chi connectivity index (χ1) is 6.14. The zero-order valence-electron chi connectivity index (χ0n) is 7.02. The van der Waals surface area contributed by atoms with E-state index in [-0.39, 0.29) is 5.75 Å². The maximum atomic E-state index is 11.3. The molecule has 0 fully saturated rings. The fraction of sp³-hybridized carbons (Fsp3) is 0.600. The minimum atomic E-state index is -3.25. The van der Waals surface area contributed by atoms with Gasteiger partial charge in [0.05, 0.1) is 11.9 Å². The molecule has 2 N–H and O–H groups in total. The Morgan fingerprint density at radius 1 is 1.62 bits per heavy atom. The van der Waals surface area contributed by atoms with Crippen LogP contribution in [0.2, 0.25) is 0 Å². The summed E-state index contributed by atoms with van der Waals surface area (Å²) < 4.78 is 28.4. The van der Waals surface area contributed by atoms with Crippen molar-refractivity contribution in [3.63, 3.8) is 0 Å². The maximum Gasteiger partial charge on any atom is 0.234 e. The van der Waals surface area contributed by atoms with Crippen LogP contribution in [0.25, 0.3) is 0 Å². The zero-order chi connectivity index (χ0) is 9.73. The van der Waals surface area contributed by atoms with Crippen LogP contribution in [0.4, 0.5) is 5.00 Å². The standard InChI is InChI=1S/C5H10N4O2S2/c1-6-2-3-13(10,11)8-5-4-7-9-12-5/h4,6,8H,2-3H2,1H3. The predicted octanol–water partition coefficient (Wildman–Crippen LogP) is -0.501. The third kappa shape index (κ3) is 3.66. The van der Waals surface area contributed by atoms with Crippen molar-refractivity contribution in [3.05, 3.63) is 6.20 Å².